The van der Waals surface area contributed by atoms with E-state index in [2.05, 4.69) is 5.32 Å². The molecule has 0 aromatic carbocycles. The third kappa shape index (κ3) is 6.07. The zero-order valence-electron chi connectivity index (χ0n) is 10.0. The maximum Gasteiger partial charge on any atom is 0.235 e. The molecular formula is C10H22N2O3S. The number of carbonyl (C=O) groups excluding carboxylic acids is 1. The van der Waals surface area contributed by atoms with E-state index in [9.17, 15) is 13.2 Å². The average Bonchev–Trinajstić information content (AvgIpc) is 2.17. The first kappa shape index (κ1) is 15.4. The summed E-state index contributed by atoms with van der Waals surface area (Å²) in [7, 11) is -3.35. The summed E-state index contributed by atoms with van der Waals surface area (Å²) in [5, 5.41) is 2.04. The summed E-state index contributed by atoms with van der Waals surface area (Å²) in [5.41, 5.74) is 5.29. The molecule has 0 aromatic heterocycles. The van der Waals surface area contributed by atoms with Crippen LogP contribution in [0.3, 0.4) is 0 Å². The lowest BCUT2D eigenvalue weighted by Gasteiger charge is -2.11. The standard InChI is InChI=1S/C10H22N2O3S/c1-3-4-7-12-10(13)8-16(14,15)9(2)5-6-11/h9H,3-8,11H2,1-2H3,(H,12,13). The topological polar surface area (TPSA) is 89.3 Å². The number of hydrogen-bond donors (Lipinski definition) is 2. The van der Waals surface area contributed by atoms with Crippen LogP contribution in [0.15, 0.2) is 0 Å². The van der Waals surface area contributed by atoms with E-state index in [0.29, 0.717) is 19.5 Å². The molecule has 0 heterocycles. The molecule has 0 rings (SSSR count). The van der Waals surface area contributed by atoms with Crippen molar-refractivity contribution in [3.8, 4) is 0 Å². The summed E-state index contributed by atoms with van der Waals surface area (Å²) in [5.74, 6) is -0.852. The molecule has 3 N–H and O–H groups in total. The molecule has 0 bridgehead atoms. The number of rotatable bonds is 8. The highest BCUT2D eigenvalue weighted by Crippen LogP contribution is 2.05. The number of nitrogens with two attached hydrogens (primary N) is 1. The number of hydrogen-bond acceptors (Lipinski definition) is 4. The first-order valence-corrected chi connectivity index (χ1v) is 7.34. The number of unbranched alkanes of at least 4 members (excludes halogenated alkanes) is 1. The van der Waals surface area contributed by atoms with Crippen molar-refractivity contribution >= 4 is 15.7 Å². The monoisotopic (exact) mass is 250 g/mol. The van der Waals surface area contributed by atoms with Gasteiger partial charge in [0.1, 0.15) is 5.75 Å². The molecular weight excluding hydrogens is 228 g/mol. The molecule has 1 unspecified atom stereocenters. The molecule has 0 aliphatic heterocycles. The first-order valence-electron chi connectivity index (χ1n) is 5.62. The van der Waals surface area contributed by atoms with E-state index in [0.717, 1.165) is 12.8 Å². The highest BCUT2D eigenvalue weighted by Gasteiger charge is 2.23. The van der Waals surface area contributed by atoms with Gasteiger partial charge >= 0.3 is 0 Å². The Kier molecular flexibility index (Phi) is 7.33. The lowest BCUT2D eigenvalue weighted by atomic mass is 10.3. The molecule has 6 heteroatoms. The number of sulfone groups is 1. The van der Waals surface area contributed by atoms with Gasteiger partial charge in [-0.15, -0.1) is 0 Å². The van der Waals surface area contributed by atoms with Crippen LogP contribution in [0.4, 0.5) is 0 Å². The highest BCUT2D eigenvalue weighted by atomic mass is 32.2. The van der Waals surface area contributed by atoms with Gasteiger partial charge in [-0.05, 0) is 26.3 Å². The van der Waals surface area contributed by atoms with Gasteiger partial charge in [-0.1, -0.05) is 13.3 Å². The van der Waals surface area contributed by atoms with Gasteiger partial charge in [0.15, 0.2) is 9.84 Å². The molecule has 0 aliphatic carbocycles. The minimum atomic E-state index is -3.35. The Morgan fingerprint density at radius 1 is 1.44 bits per heavy atom. The number of carbonyl (C=O) groups is 1. The molecule has 1 atom stereocenters. The zero-order valence-corrected chi connectivity index (χ0v) is 10.8. The third-order valence-electron chi connectivity index (χ3n) is 2.37. The van der Waals surface area contributed by atoms with Gasteiger partial charge in [0.2, 0.25) is 5.91 Å². The fourth-order valence-corrected chi connectivity index (χ4v) is 2.44. The van der Waals surface area contributed by atoms with Crippen LogP contribution < -0.4 is 11.1 Å². The van der Waals surface area contributed by atoms with Crippen LogP contribution in [0.2, 0.25) is 0 Å². The van der Waals surface area contributed by atoms with Gasteiger partial charge in [0, 0.05) is 6.54 Å². The van der Waals surface area contributed by atoms with Crippen LogP contribution in [0.25, 0.3) is 0 Å². The van der Waals surface area contributed by atoms with Crippen molar-refractivity contribution < 1.29 is 13.2 Å². The first-order chi connectivity index (χ1) is 7.44. The van der Waals surface area contributed by atoms with Gasteiger partial charge < -0.3 is 11.1 Å². The molecule has 5 nitrogen and oxygen atoms in total. The Balaban J connectivity index is 4.10. The summed E-state index contributed by atoms with van der Waals surface area (Å²) in [4.78, 5) is 11.3. The Bertz CT molecular complexity index is 301. The van der Waals surface area contributed by atoms with E-state index in [1.807, 2.05) is 6.92 Å². The van der Waals surface area contributed by atoms with Crippen LogP contribution in [-0.2, 0) is 14.6 Å². The summed E-state index contributed by atoms with van der Waals surface area (Å²) in [6.07, 6.45) is 2.23. The van der Waals surface area contributed by atoms with Crippen LogP contribution in [0.5, 0.6) is 0 Å². The SMILES string of the molecule is CCCCNC(=O)CS(=O)(=O)C(C)CCN. The van der Waals surface area contributed by atoms with E-state index in [1.54, 1.807) is 6.92 Å². The maximum atomic E-state index is 11.6. The van der Waals surface area contributed by atoms with Crippen molar-refractivity contribution in [1.82, 2.24) is 5.32 Å². The molecule has 0 aromatic rings. The van der Waals surface area contributed by atoms with Crippen molar-refractivity contribution in [3.63, 3.8) is 0 Å². The number of amides is 1. The van der Waals surface area contributed by atoms with Gasteiger partial charge in [0.05, 0.1) is 5.25 Å². The molecule has 0 saturated heterocycles. The molecule has 0 spiro atoms. The Labute approximate surface area is 97.7 Å². The van der Waals surface area contributed by atoms with Crippen molar-refractivity contribution in [1.29, 1.82) is 0 Å². The van der Waals surface area contributed by atoms with Gasteiger partial charge in [0.25, 0.3) is 0 Å². The van der Waals surface area contributed by atoms with E-state index in [1.165, 1.54) is 0 Å². The second-order valence-electron chi connectivity index (χ2n) is 3.90. The predicted octanol–water partition coefficient (Wildman–Crippen LogP) is 0.0548. The average molecular weight is 250 g/mol. The third-order valence-corrected chi connectivity index (χ3v) is 4.50. The quantitative estimate of drug-likeness (QED) is 0.596. The van der Waals surface area contributed by atoms with Crippen LogP contribution >= 0.6 is 0 Å². The minimum absolute atomic E-state index is 0.317. The Morgan fingerprint density at radius 3 is 2.56 bits per heavy atom. The van der Waals surface area contributed by atoms with Gasteiger partial charge in [-0.25, -0.2) is 8.42 Å². The van der Waals surface area contributed by atoms with E-state index >= 15 is 0 Å². The maximum absolute atomic E-state index is 11.6. The zero-order chi connectivity index (χ0) is 12.6. The van der Waals surface area contributed by atoms with E-state index in [-0.39, 0.29) is 0 Å². The Hall–Kier alpha value is -0.620. The molecule has 1 amide bonds. The predicted molar refractivity (Wildman–Crippen MR) is 64.8 cm³/mol. The van der Waals surface area contributed by atoms with E-state index < -0.39 is 26.7 Å². The van der Waals surface area contributed by atoms with Crippen LogP contribution in [0, 0.1) is 0 Å². The van der Waals surface area contributed by atoms with Gasteiger partial charge in [-0.2, -0.15) is 0 Å². The molecule has 0 radical (unpaired) electrons. The molecule has 16 heavy (non-hydrogen) atoms. The van der Waals surface area contributed by atoms with Crippen molar-refractivity contribution in [2.24, 2.45) is 5.73 Å². The molecule has 0 aliphatic rings. The fraction of sp³-hybridized carbons (Fsp3) is 0.900. The largest absolute Gasteiger partial charge is 0.355 e. The normalized spacial score (nSPS) is 13.4. The molecule has 96 valence electrons. The summed E-state index contributed by atoms with van der Waals surface area (Å²) in [6, 6.07) is 0. The summed E-state index contributed by atoms with van der Waals surface area (Å²) < 4.78 is 23.3. The van der Waals surface area contributed by atoms with Crippen LogP contribution in [-0.4, -0.2) is 38.4 Å². The van der Waals surface area contributed by atoms with Crippen molar-refractivity contribution in [2.45, 2.75) is 38.4 Å². The van der Waals surface area contributed by atoms with Gasteiger partial charge in [-0.3, -0.25) is 4.79 Å². The van der Waals surface area contributed by atoms with Crippen LogP contribution in [0.1, 0.15) is 33.1 Å². The van der Waals surface area contributed by atoms with Crippen molar-refractivity contribution in [3.05, 3.63) is 0 Å². The summed E-state index contributed by atoms with van der Waals surface area (Å²) in [6.45, 7) is 4.45. The fourth-order valence-electron chi connectivity index (χ4n) is 1.19. The number of nitrogens with one attached hydrogen (secondary N) is 1. The highest BCUT2D eigenvalue weighted by molar-refractivity contribution is 7.92. The van der Waals surface area contributed by atoms with Crippen molar-refractivity contribution in [2.75, 3.05) is 18.8 Å². The second-order valence-corrected chi connectivity index (χ2v) is 6.32. The molecule has 0 fully saturated rings. The summed E-state index contributed by atoms with van der Waals surface area (Å²) >= 11 is 0. The smallest absolute Gasteiger partial charge is 0.235 e. The second kappa shape index (κ2) is 7.62. The lowest BCUT2D eigenvalue weighted by Crippen LogP contribution is -2.35. The Morgan fingerprint density at radius 2 is 2.06 bits per heavy atom. The lowest BCUT2D eigenvalue weighted by molar-refractivity contribution is -0.118. The van der Waals surface area contributed by atoms with E-state index in [4.69, 9.17) is 5.73 Å². The molecule has 0 saturated carbocycles. The minimum Gasteiger partial charge on any atom is -0.355 e.